The maximum Gasteiger partial charge on any atom is 0.323 e. The molecule has 6 nitrogen and oxygen atoms in total. The molecule has 0 radical (unpaired) electrons. The third-order valence-corrected chi connectivity index (χ3v) is 4.87. The summed E-state index contributed by atoms with van der Waals surface area (Å²) in [5.41, 5.74) is 0.708. The number of hydrogen-bond donors (Lipinski definition) is 1. The number of carbonyl (C=O) groups is 2. The highest BCUT2D eigenvalue weighted by atomic mass is 79.9. The summed E-state index contributed by atoms with van der Waals surface area (Å²) in [6.07, 6.45) is 0.952. The highest BCUT2D eigenvalue weighted by Crippen LogP contribution is 2.15. The SMILES string of the molecule is CC(C(=O)N(CC(=O)O)Cc1cccc(Br)c1)S(C)(=O)=O. The van der Waals surface area contributed by atoms with Crippen molar-refractivity contribution in [3.05, 3.63) is 34.3 Å². The fraction of sp³-hybridized carbons (Fsp3) is 0.385. The van der Waals surface area contributed by atoms with Gasteiger partial charge in [-0.25, -0.2) is 8.42 Å². The van der Waals surface area contributed by atoms with E-state index in [1.807, 2.05) is 0 Å². The molecule has 0 aliphatic carbocycles. The number of hydrogen-bond acceptors (Lipinski definition) is 4. The molecule has 1 amide bonds. The summed E-state index contributed by atoms with van der Waals surface area (Å²) >= 11 is 3.28. The molecule has 0 fully saturated rings. The van der Waals surface area contributed by atoms with Gasteiger partial charge in [0.2, 0.25) is 5.91 Å². The van der Waals surface area contributed by atoms with Gasteiger partial charge in [0.05, 0.1) is 0 Å². The molecule has 1 aromatic carbocycles. The van der Waals surface area contributed by atoms with Crippen LogP contribution < -0.4 is 0 Å². The summed E-state index contributed by atoms with van der Waals surface area (Å²) in [7, 11) is -3.58. The Balaban J connectivity index is 3.00. The van der Waals surface area contributed by atoms with Crippen molar-refractivity contribution in [1.82, 2.24) is 4.90 Å². The minimum absolute atomic E-state index is 0.0322. The molecule has 0 saturated heterocycles. The van der Waals surface area contributed by atoms with Crippen molar-refractivity contribution in [3.63, 3.8) is 0 Å². The predicted molar refractivity (Wildman–Crippen MR) is 81.5 cm³/mol. The summed E-state index contributed by atoms with van der Waals surface area (Å²) in [6, 6.07) is 7.03. The zero-order chi connectivity index (χ0) is 16.2. The van der Waals surface area contributed by atoms with Crippen LogP contribution in [-0.2, 0) is 26.0 Å². The standard InChI is InChI=1S/C13H16BrNO5S/c1-9(21(2,19)20)13(18)15(8-12(16)17)7-10-4-3-5-11(14)6-10/h3-6,9H,7-8H2,1-2H3,(H,16,17). The Bertz CT molecular complexity index is 644. The lowest BCUT2D eigenvalue weighted by molar-refractivity contribution is -0.144. The molecule has 1 rings (SSSR count). The second kappa shape index (κ2) is 7.04. The molecule has 0 aromatic heterocycles. The van der Waals surface area contributed by atoms with Crippen molar-refractivity contribution in [2.45, 2.75) is 18.7 Å². The Hall–Kier alpha value is -1.41. The quantitative estimate of drug-likeness (QED) is 0.806. The Morgan fingerprint density at radius 1 is 1.38 bits per heavy atom. The van der Waals surface area contributed by atoms with Crippen LogP contribution in [0.4, 0.5) is 0 Å². The van der Waals surface area contributed by atoms with Crippen molar-refractivity contribution >= 4 is 37.6 Å². The normalized spacial score (nSPS) is 12.7. The lowest BCUT2D eigenvalue weighted by Gasteiger charge is -2.23. The summed E-state index contributed by atoms with van der Waals surface area (Å²) in [5.74, 6) is -1.92. The highest BCUT2D eigenvalue weighted by Gasteiger charge is 2.29. The molecule has 0 heterocycles. The molecule has 1 aromatic rings. The van der Waals surface area contributed by atoms with E-state index in [0.29, 0.717) is 5.56 Å². The molecule has 1 unspecified atom stereocenters. The number of sulfone groups is 1. The molecule has 21 heavy (non-hydrogen) atoms. The first-order valence-corrected chi connectivity index (χ1v) is 8.80. The third kappa shape index (κ3) is 5.47. The summed E-state index contributed by atoms with van der Waals surface area (Å²) in [5, 5.41) is 7.62. The number of rotatable bonds is 6. The monoisotopic (exact) mass is 377 g/mol. The molecule has 0 spiro atoms. The second-order valence-corrected chi connectivity index (χ2v) is 7.97. The van der Waals surface area contributed by atoms with Gasteiger partial charge in [-0.2, -0.15) is 0 Å². The van der Waals surface area contributed by atoms with Crippen LogP contribution in [0.2, 0.25) is 0 Å². The first-order valence-electron chi connectivity index (χ1n) is 6.05. The Morgan fingerprint density at radius 2 is 2.00 bits per heavy atom. The van der Waals surface area contributed by atoms with Gasteiger partial charge in [0.15, 0.2) is 9.84 Å². The summed E-state index contributed by atoms with van der Waals surface area (Å²) in [6.45, 7) is 0.739. The lowest BCUT2D eigenvalue weighted by atomic mass is 10.2. The smallest absolute Gasteiger partial charge is 0.323 e. The van der Waals surface area contributed by atoms with E-state index in [0.717, 1.165) is 15.6 Å². The molecular formula is C13H16BrNO5S. The van der Waals surface area contributed by atoms with Gasteiger partial charge in [0.1, 0.15) is 11.8 Å². The van der Waals surface area contributed by atoms with E-state index in [9.17, 15) is 18.0 Å². The average molecular weight is 378 g/mol. The maximum absolute atomic E-state index is 12.2. The van der Waals surface area contributed by atoms with Crippen molar-refractivity contribution in [2.24, 2.45) is 0 Å². The molecule has 0 bridgehead atoms. The first-order chi connectivity index (χ1) is 9.61. The van der Waals surface area contributed by atoms with E-state index in [1.54, 1.807) is 24.3 Å². The molecule has 116 valence electrons. The Labute approximate surface area is 131 Å². The van der Waals surface area contributed by atoms with E-state index >= 15 is 0 Å². The molecule has 1 atom stereocenters. The van der Waals surface area contributed by atoms with E-state index in [2.05, 4.69) is 15.9 Å². The van der Waals surface area contributed by atoms with E-state index < -0.39 is 33.5 Å². The summed E-state index contributed by atoms with van der Waals surface area (Å²) in [4.78, 5) is 24.1. The minimum Gasteiger partial charge on any atom is -0.480 e. The molecule has 0 saturated carbocycles. The van der Waals surface area contributed by atoms with Gasteiger partial charge in [-0.3, -0.25) is 9.59 Å². The van der Waals surface area contributed by atoms with E-state index in [1.165, 1.54) is 6.92 Å². The number of benzene rings is 1. The van der Waals surface area contributed by atoms with Crippen LogP contribution >= 0.6 is 15.9 Å². The number of carbonyl (C=O) groups excluding carboxylic acids is 1. The van der Waals surface area contributed by atoms with Gasteiger partial charge >= 0.3 is 5.97 Å². The van der Waals surface area contributed by atoms with Crippen molar-refractivity contribution < 1.29 is 23.1 Å². The molecule has 1 N–H and O–H groups in total. The largest absolute Gasteiger partial charge is 0.480 e. The van der Waals surface area contributed by atoms with Crippen LogP contribution in [0, 0.1) is 0 Å². The van der Waals surface area contributed by atoms with Crippen molar-refractivity contribution in [1.29, 1.82) is 0 Å². The van der Waals surface area contributed by atoms with Crippen LogP contribution in [0.3, 0.4) is 0 Å². The predicted octanol–water partition coefficient (Wildman–Crippen LogP) is 1.30. The number of amides is 1. The van der Waals surface area contributed by atoms with Gasteiger partial charge in [0.25, 0.3) is 0 Å². The average Bonchev–Trinajstić information content (AvgIpc) is 2.34. The Morgan fingerprint density at radius 3 is 2.48 bits per heavy atom. The van der Waals surface area contributed by atoms with Crippen LogP contribution in [-0.4, -0.2) is 48.4 Å². The maximum atomic E-state index is 12.2. The third-order valence-electron chi connectivity index (χ3n) is 2.89. The fourth-order valence-corrected chi connectivity index (χ4v) is 2.63. The minimum atomic E-state index is -3.58. The van der Waals surface area contributed by atoms with Gasteiger partial charge in [-0.15, -0.1) is 0 Å². The van der Waals surface area contributed by atoms with Crippen LogP contribution in [0.15, 0.2) is 28.7 Å². The number of aliphatic carboxylic acids is 1. The van der Waals surface area contributed by atoms with Crippen LogP contribution in [0.1, 0.15) is 12.5 Å². The number of carboxylic acids is 1. The van der Waals surface area contributed by atoms with E-state index in [-0.39, 0.29) is 6.54 Å². The zero-order valence-electron chi connectivity index (χ0n) is 11.6. The Kier molecular flexibility index (Phi) is 5.91. The van der Waals surface area contributed by atoms with Gasteiger partial charge in [-0.1, -0.05) is 28.1 Å². The molecule has 8 heteroatoms. The molecular weight excluding hydrogens is 362 g/mol. The topological polar surface area (TPSA) is 91.8 Å². The number of carboxylic acid groups (broad SMARTS) is 1. The van der Waals surface area contributed by atoms with Gasteiger partial charge in [0, 0.05) is 17.3 Å². The summed E-state index contributed by atoms with van der Waals surface area (Å²) < 4.78 is 23.7. The number of halogens is 1. The molecule has 0 aliphatic rings. The second-order valence-electron chi connectivity index (χ2n) is 4.69. The van der Waals surface area contributed by atoms with E-state index in [4.69, 9.17) is 5.11 Å². The van der Waals surface area contributed by atoms with Gasteiger partial charge in [-0.05, 0) is 24.6 Å². The van der Waals surface area contributed by atoms with Crippen LogP contribution in [0.25, 0.3) is 0 Å². The lowest BCUT2D eigenvalue weighted by Crippen LogP contribution is -2.43. The zero-order valence-corrected chi connectivity index (χ0v) is 14.0. The van der Waals surface area contributed by atoms with Crippen LogP contribution in [0.5, 0.6) is 0 Å². The fourth-order valence-electron chi connectivity index (χ4n) is 1.67. The number of nitrogens with zero attached hydrogens (tertiary/aromatic N) is 1. The van der Waals surface area contributed by atoms with Crippen molar-refractivity contribution in [2.75, 3.05) is 12.8 Å². The van der Waals surface area contributed by atoms with Crippen molar-refractivity contribution in [3.8, 4) is 0 Å². The van der Waals surface area contributed by atoms with Gasteiger partial charge < -0.3 is 10.0 Å². The first kappa shape index (κ1) is 17.6. The highest BCUT2D eigenvalue weighted by molar-refractivity contribution is 9.10. The molecule has 0 aliphatic heterocycles.